The minimum Gasteiger partial charge on any atom is -0.481 e. The van der Waals surface area contributed by atoms with Crippen molar-refractivity contribution in [2.24, 2.45) is 0 Å². The normalized spacial score (nSPS) is 15.0. The Morgan fingerprint density at radius 3 is 2.81 bits per heavy atom. The Morgan fingerprint density at radius 1 is 1.23 bits per heavy atom. The van der Waals surface area contributed by atoms with Crippen LogP contribution in [0.4, 0.5) is 0 Å². The highest BCUT2D eigenvalue weighted by Gasteiger charge is 2.15. The van der Waals surface area contributed by atoms with Gasteiger partial charge in [0.05, 0.1) is 19.0 Å². The number of carbonyl (C=O) groups excluding carboxylic acids is 1. The van der Waals surface area contributed by atoms with E-state index >= 15 is 0 Å². The van der Waals surface area contributed by atoms with Gasteiger partial charge in [-0.05, 0) is 32.0 Å². The first-order valence-electron chi connectivity index (χ1n) is 9.03. The summed E-state index contributed by atoms with van der Waals surface area (Å²) in [6.07, 6.45) is 5.58. The van der Waals surface area contributed by atoms with Crippen molar-refractivity contribution in [2.75, 3.05) is 40.3 Å². The maximum Gasteiger partial charge on any atom is 0.244 e. The lowest BCUT2D eigenvalue weighted by molar-refractivity contribution is -0.131. The number of nitrogens with zero attached hydrogens (tertiary/aromatic N) is 6. The van der Waals surface area contributed by atoms with Crippen LogP contribution in [0.2, 0.25) is 0 Å². The molecule has 0 aliphatic carbocycles. The molecule has 8 nitrogen and oxygen atoms in total. The maximum absolute atomic E-state index is 12.4. The van der Waals surface area contributed by atoms with Crippen LogP contribution in [0, 0.1) is 0 Å². The van der Waals surface area contributed by atoms with Crippen molar-refractivity contribution >= 4 is 5.91 Å². The van der Waals surface area contributed by atoms with Crippen LogP contribution in [-0.2, 0) is 11.3 Å². The van der Waals surface area contributed by atoms with Crippen LogP contribution in [0.15, 0.2) is 24.4 Å². The number of piperidine rings is 1. The van der Waals surface area contributed by atoms with Gasteiger partial charge in [-0.25, -0.2) is 9.67 Å². The SMILES string of the molecule is COc1cccc(-c2cn(CC(=O)N(C)CCN3CCCCC3)nn2)n1. The second-order valence-corrected chi connectivity index (χ2v) is 6.58. The van der Waals surface area contributed by atoms with E-state index in [2.05, 4.69) is 20.2 Å². The predicted molar refractivity (Wildman–Crippen MR) is 97.7 cm³/mol. The number of rotatable bonds is 7. The highest BCUT2D eigenvalue weighted by atomic mass is 16.5. The van der Waals surface area contributed by atoms with Crippen molar-refractivity contribution in [3.8, 4) is 17.3 Å². The first kappa shape index (κ1) is 18.3. The Morgan fingerprint density at radius 2 is 2.04 bits per heavy atom. The second-order valence-electron chi connectivity index (χ2n) is 6.58. The fourth-order valence-corrected chi connectivity index (χ4v) is 3.02. The molecule has 3 heterocycles. The molecule has 1 amide bonds. The van der Waals surface area contributed by atoms with Gasteiger partial charge in [-0.3, -0.25) is 4.79 Å². The Kier molecular flexibility index (Phi) is 6.17. The molecular formula is C18H26N6O2. The quantitative estimate of drug-likeness (QED) is 0.742. The van der Waals surface area contributed by atoms with Crippen LogP contribution in [0.5, 0.6) is 5.88 Å². The van der Waals surface area contributed by atoms with Gasteiger partial charge >= 0.3 is 0 Å². The van der Waals surface area contributed by atoms with Crippen LogP contribution < -0.4 is 4.74 Å². The summed E-state index contributed by atoms with van der Waals surface area (Å²) < 4.78 is 6.68. The van der Waals surface area contributed by atoms with Gasteiger partial charge in [0.15, 0.2) is 0 Å². The lowest BCUT2D eigenvalue weighted by Gasteiger charge is -2.28. The molecular weight excluding hydrogens is 332 g/mol. The number of likely N-dealkylation sites (tertiary alicyclic amines) is 1. The summed E-state index contributed by atoms with van der Waals surface area (Å²) in [4.78, 5) is 20.9. The molecule has 1 aliphatic rings. The van der Waals surface area contributed by atoms with E-state index in [0.29, 0.717) is 17.3 Å². The van der Waals surface area contributed by atoms with Gasteiger partial charge in [-0.1, -0.05) is 17.7 Å². The van der Waals surface area contributed by atoms with Crippen molar-refractivity contribution in [1.82, 2.24) is 29.8 Å². The lowest BCUT2D eigenvalue weighted by atomic mass is 10.1. The Bertz CT molecular complexity index is 726. The first-order chi connectivity index (χ1) is 12.7. The number of methoxy groups -OCH3 is 1. The van der Waals surface area contributed by atoms with E-state index in [9.17, 15) is 4.79 Å². The van der Waals surface area contributed by atoms with Crippen LogP contribution in [-0.4, -0.2) is 76.0 Å². The molecule has 0 bridgehead atoms. The van der Waals surface area contributed by atoms with E-state index < -0.39 is 0 Å². The van der Waals surface area contributed by atoms with Gasteiger partial charge in [-0.15, -0.1) is 5.10 Å². The number of likely N-dealkylation sites (N-methyl/N-ethyl adjacent to an activating group) is 1. The topological polar surface area (TPSA) is 76.4 Å². The number of hydrogen-bond donors (Lipinski definition) is 0. The molecule has 0 atom stereocenters. The molecule has 8 heteroatoms. The lowest BCUT2D eigenvalue weighted by Crippen LogP contribution is -2.39. The molecule has 0 aromatic carbocycles. The fraction of sp³-hybridized carbons (Fsp3) is 0.556. The molecule has 0 spiro atoms. The standard InChI is InChI=1S/C18H26N6O2/c1-22(11-12-23-9-4-3-5-10-23)18(25)14-24-13-16(20-21-24)15-7-6-8-17(19-15)26-2/h6-8,13H,3-5,9-12,14H2,1-2H3. The van der Waals surface area contributed by atoms with Crippen LogP contribution in [0.25, 0.3) is 11.4 Å². The van der Waals surface area contributed by atoms with Crippen LogP contribution >= 0.6 is 0 Å². The number of aromatic nitrogens is 4. The maximum atomic E-state index is 12.4. The smallest absolute Gasteiger partial charge is 0.244 e. The number of amides is 1. The molecule has 0 N–H and O–H groups in total. The summed E-state index contributed by atoms with van der Waals surface area (Å²) in [5, 5.41) is 8.16. The average molecular weight is 358 g/mol. The monoisotopic (exact) mass is 358 g/mol. The molecule has 2 aromatic heterocycles. The van der Waals surface area contributed by atoms with E-state index in [-0.39, 0.29) is 12.5 Å². The molecule has 140 valence electrons. The molecule has 26 heavy (non-hydrogen) atoms. The minimum absolute atomic E-state index is 0.0251. The zero-order valence-electron chi connectivity index (χ0n) is 15.5. The van der Waals surface area contributed by atoms with Crippen molar-refractivity contribution in [2.45, 2.75) is 25.8 Å². The summed E-state index contributed by atoms with van der Waals surface area (Å²) in [5.41, 5.74) is 1.29. The molecule has 0 unspecified atom stereocenters. The third-order valence-corrected chi connectivity index (χ3v) is 4.66. The zero-order chi connectivity index (χ0) is 18.4. The first-order valence-corrected chi connectivity index (χ1v) is 9.03. The van der Waals surface area contributed by atoms with Gasteiger partial charge < -0.3 is 14.5 Å². The number of carbonyl (C=O) groups is 1. The van der Waals surface area contributed by atoms with Crippen molar-refractivity contribution < 1.29 is 9.53 Å². The summed E-state index contributed by atoms with van der Waals surface area (Å²) in [6, 6.07) is 5.46. The molecule has 2 aromatic rings. The van der Waals surface area contributed by atoms with Crippen molar-refractivity contribution in [3.05, 3.63) is 24.4 Å². The highest BCUT2D eigenvalue weighted by molar-refractivity contribution is 5.75. The molecule has 0 saturated carbocycles. The highest BCUT2D eigenvalue weighted by Crippen LogP contribution is 2.16. The third kappa shape index (κ3) is 4.78. The minimum atomic E-state index is 0.0251. The Labute approximate surface area is 153 Å². The predicted octanol–water partition coefficient (Wildman–Crippen LogP) is 1.29. The number of pyridine rings is 1. The fourth-order valence-electron chi connectivity index (χ4n) is 3.02. The van der Waals surface area contributed by atoms with Crippen molar-refractivity contribution in [3.63, 3.8) is 0 Å². The number of hydrogen-bond acceptors (Lipinski definition) is 6. The summed E-state index contributed by atoms with van der Waals surface area (Å²) in [6.45, 7) is 4.12. The largest absolute Gasteiger partial charge is 0.481 e. The van der Waals surface area contributed by atoms with Gasteiger partial charge in [0.2, 0.25) is 11.8 Å². The molecule has 0 radical (unpaired) electrons. The molecule has 1 fully saturated rings. The molecule has 1 aliphatic heterocycles. The summed E-state index contributed by atoms with van der Waals surface area (Å²) in [5.74, 6) is 0.544. The van der Waals surface area contributed by atoms with Crippen LogP contribution in [0.3, 0.4) is 0 Å². The molecule has 3 rings (SSSR count). The molecule has 1 saturated heterocycles. The van der Waals surface area contributed by atoms with Gasteiger partial charge in [0.25, 0.3) is 0 Å². The second kappa shape index (κ2) is 8.75. The van der Waals surface area contributed by atoms with Crippen LogP contribution in [0.1, 0.15) is 19.3 Å². The van der Waals surface area contributed by atoms with E-state index in [1.807, 2.05) is 19.2 Å². The van der Waals surface area contributed by atoms with E-state index in [4.69, 9.17) is 4.74 Å². The summed E-state index contributed by atoms with van der Waals surface area (Å²) >= 11 is 0. The van der Waals surface area contributed by atoms with E-state index in [0.717, 1.165) is 26.2 Å². The number of ether oxygens (including phenoxy) is 1. The van der Waals surface area contributed by atoms with E-state index in [1.54, 1.807) is 29.0 Å². The zero-order valence-corrected chi connectivity index (χ0v) is 15.5. The Hall–Kier alpha value is -2.48. The van der Waals surface area contributed by atoms with Gasteiger partial charge in [0.1, 0.15) is 12.2 Å². The third-order valence-electron chi connectivity index (χ3n) is 4.66. The average Bonchev–Trinajstić information content (AvgIpc) is 3.15. The van der Waals surface area contributed by atoms with Crippen molar-refractivity contribution in [1.29, 1.82) is 0 Å². The summed E-state index contributed by atoms with van der Waals surface area (Å²) in [7, 11) is 3.41. The van der Waals surface area contributed by atoms with E-state index in [1.165, 1.54) is 19.3 Å². The van der Waals surface area contributed by atoms with Gasteiger partial charge in [-0.2, -0.15) is 0 Å². The Balaban J connectivity index is 1.53. The van der Waals surface area contributed by atoms with Gasteiger partial charge in [0, 0.05) is 26.2 Å².